The fourth-order valence-electron chi connectivity index (χ4n) is 0.699. The number of benzene rings is 1. The van der Waals surface area contributed by atoms with Crippen LogP contribution in [0.2, 0.25) is 0 Å². The number of hydrogen-bond donors (Lipinski definition) is 0. The highest BCUT2D eigenvalue weighted by Crippen LogP contribution is 2.09. The van der Waals surface area contributed by atoms with Crippen molar-refractivity contribution in [2.75, 3.05) is 0 Å². The average molecular weight is 223 g/mol. The molecule has 0 radical (unpaired) electrons. The molecule has 0 saturated heterocycles. The molecule has 0 N–H and O–H groups in total. The normalized spacial score (nSPS) is 12.7. The maximum absolute atomic E-state index is 8.42. The summed E-state index contributed by atoms with van der Waals surface area (Å²) in [7, 11) is 0. The van der Waals surface area contributed by atoms with Gasteiger partial charge in [0.15, 0.2) is 0 Å². The van der Waals surface area contributed by atoms with Crippen molar-refractivity contribution >= 4 is 27.8 Å². The van der Waals surface area contributed by atoms with Gasteiger partial charge < -0.3 is 0 Å². The predicted molar refractivity (Wildman–Crippen MR) is 52.9 cm³/mol. The van der Waals surface area contributed by atoms with Crippen molar-refractivity contribution in [3.05, 3.63) is 30.3 Å². The molecule has 1 unspecified atom stereocenters. The minimum absolute atomic E-state index is 0.308. The molecule has 0 fully saturated rings. The van der Waals surface area contributed by atoms with Crippen LogP contribution < -0.4 is 0 Å². The Bertz CT molecular complexity index is 300. The van der Waals surface area contributed by atoms with Crippen LogP contribution in [0, 0.1) is 11.3 Å². The highest BCUT2D eigenvalue weighted by molar-refractivity contribution is 9.10. The highest BCUT2D eigenvalue weighted by Gasteiger charge is 1.93. The number of nitrogens with zero attached hydrogens (tertiary/aromatic N) is 2. The van der Waals surface area contributed by atoms with Crippen LogP contribution in [-0.4, -0.2) is 11.0 Å². The lowest BCUT2D eigenvalue weighted by molar-refractivity contribution is 1.43. The van der Waals surface area contributed by atoms with Crippen molar-refractivity contribution in [1.29, 1.82) is 5.26 Å². The maximum Gasteiger partial charge on any atom is 0.136 e. The van der Waals surface area contributed by atoms with Crippen molar-refractivity contribution in [2.45, 2.75) is 4.83 Å². The molecule has 2 nitrogen and oxygen atoms in total. The highest BCUT2D eigenvalue weighted by atomic mass is 79.9. The van der Waals surface area contributed by atoms with Crippen molar-refractivity contribution < 1.29 is 0 Å². The van der Waals surface area contributed by atoms with Gasteiger partial charge in [0.1, 0.15) is 4.83 Å². The van der Waals surface area contributed by atoms with E-state index in [-0.39, 0.29) is 4.83 Å². The molecule has 0 aliphatic rings. The lowest BCUT2D eigenvalue weighted by atomic mass is 10.3. The summed E-state index contributed by atoms with van der Waals surface area (Å²) in [6.45, 7) is 0. The first-order chi connectivity index (χ1) is 5.83. The van der Waals surface area contributed by atoms with E-state index in [1.165, 1.54) is 0 Å². The summed E-state index contributed by atoms with van der Waals surface area (Å²) in [5, 5.41) is 8.42. The number of alkyl halides is 1. The molecule has 0 aliphatic heterocycles. The van der Waals surface area contributed by atoms with Gasteiger partial charge in [0.05, 0.1) is 11.8 Å². The fourth-order valence-corrected chi connectivity index (χ4v) is 0.817. The Kier molecular flexibility index (Phi) is 3.49. The molecule has 0 saturated carbocycles. The molecule has 0 amide bonds. The molecule has 0 aliphatic carbocycles. The van der Waals surface area contributed by atoms with Crippen LogP contribution in [-0.2, 0) is 0 Å². The largest absolute Gasteiger partial charge is 0.259 e. The Balaban J connectivity index is 2.65. The Morgan fingerprint density at radius 2 is 2.08 bits per heavy atom. The Labute approximate surface area is 79.7 Å². The van der Waals surface area contributed by atoms with Gasteiger partial charge in [-0.05, 0) is 12.1 Å². The summed E-state index contributed by atoms with van der Waals surface area (Å²) >= 11 is 3.12. The monoisotopic (exact) mass is 222 g/mol. The molecule has 0 spiro atoms. The zero-order chi connectivity index (χ0) is 8.81. The van der Waals surface area contributed by atoms with Crippen LogP contribution in [0.1, 0.15) is 0 Å². The van der Waals surface area contributed by atoms with Crippen LogP contribution in [0.15, 0.2) is 35.3 Å². The zero-order valence-electron chi connectivity index (χ0n) is 6.31. The van der Waals surface area contributed by atoms with Gasteiger partial charge in [-0.15, -0.1) is 0 Å². The van der Waals surface area contributed by atoms with Crippen LogP contribution in [0.4, 0.5) is 5.69 Å². The smallest absolute Gasteiger partial charge is 0.136 e. The van der Waals surface area contributed by atoms with Crippen molar-refractivity contribution in [1.82, 2.24) is 0 Å². The first-order valence-corrected chi connectivity index (χ1v) is 4.37. The topological polar surface area (TPSA) is 36.1 Å². The third-order valence-electron chi connectivity index (χ3n) is 1.23. The predicted octanol–water partition coefficient (Wildman–Crippen LogP) is 2.68. The molecular weight excluding hydrogens is 216 g/mol. The lowest BCUT2D eigenvalue weighted by Crippen LogP contribution is -1.91. The van der Waals surface area contributed by atoms with E-state index in [9.17, 15) is 0 Å². The van der Waals surface area contributed by atoms with Gasteiger partial charge in [-0.3, -0.25) is 4.99 Å². The van der Waals surface area contributed by atoms with Gasteiger partial charge in [-0.2, -0.15) is 5.26 Å². The lowest BCUT2D eigenvalue weighted by Gasteiger charge is -1.91. The molecule has 1 atom stereocenters. The van der Waals surface area contributed by atoms with Gasteiger partial charge in [-0.1, -0.05) is 34.1 Å². The Morgan fingerprint density at radius 3 is 2.67 bits per heavy atom. The second-order valence-electron chi connectivity index (χ2n) is 2.14. The second kappa shape index (κ2) is 4.68. The summed E-state index contributed by atoms with van der Waals surface area (Å²) in [5.41, 5.74) is 0.859. The van der Waals surface area contributed by atoms with Gasteiger partial charge in [0.2, 0.25) is 0 Å². The Hall–Kier alpha value is -1.14. The molecule has 1 rings (SSSR count). The standard InChI is InChI=1S/C9H7BrN2/c10-8(6-11)7-12-9-4-2-1-3-5-9/h1-5,7-8H. The summed E-state index contributed by atoms with van der Waals surface area (Å²) in [6.07, 6.45) is 1.56. The average Bonchev–Trinajstić information content (AvgIpc) is 2.16. The van der Waals surface area contributed by atoms with E-state index in [4.69, 9.17) is 5.26 Å². The molecule has 3 heteroatoms. The van der Waals surface area contributed by atoms with E-state index in [2.05, 4.69) is 20.9 Å². The molecule has 12 heavy (non-hydrogen) atoms. The third kappa shape index (κ3) is 2.85. The molecule has 0 bridgehead atoms. The van der Waals surface area contributed by atoms with Gasteiger partial charge in [-0.25, -0.2) is 0 Å². The number of hydrogen-bond acceptors (Lipinski definition) is 2. The van der Waals surface area contributed by atoms with Gasteiger partial charge in [0, 0.05) is 6.21 Å². The quantitative estimate of drug-likeness (QED) is 0.560. The van der Waals surface area contributed by atoms with E-state index in [1.54, 1.807) is 6.21 Å². The molecule has 0 heterocycles. The SMILES string of the molecule is N#CC(Br)C=Nc1ccccc1. The van der Waals surface area contributed by atoms with Crippen LogP contribution in [0.3, 0.4) is 0 Å². The van der Waals surface area contributed by atoms with E-state index >= 15 is 0 Å². The van der Waals surface area contributed by atoms with E-state index in [0.29, 0.717) is 0 Å². The zero-order valence-corrected chi connectivity index (χ0v) is 7.90. The maximum atomic E-state index is 8.42. The van der Waals surface area contributed by atoms with E-state index in [1.807, 2.05) is 36.4 Å². The van der Waals surface area contributed by atoms with Crippen molar-refractivity contribution in [3.63, 3.8) is 0 Å². The third-order valence-corrected chi connectivity index (χ3v) is 1.68. The summed E-state index contributed by atoms with van der Waals surface area (Å²) in [5.74, 6) is 0. The fraction of sp³-hybridized carbons (Fsp3) is 0.111. The summed E-state index contributed by atoms with van der Waals surface area (Å²) in [6, 6.07) is 11.5. The minimum Gasteiger partial charge on any atom is -0.259 e. The Morgan fingerprint density at radius 1 is 1.42 bits per heavy atom. The van der Waals surface area contributed by atoms with E-state index in [0.717, 1.165) is 5.69 Å². The second-order valence-corrected chi connectivity index (χ2v) is 3.13. The summed E-state index contributed by atoms with van der Waals surface area (Å²) in [4.78, 5) is 3.77. The van der Waals surface area contributed by atoms with Crippen LogP contribution in [0.5, 0.6) is 0 Å². The van der Waals surface area contributed by atoms with E-state index < -0.39 is 0 Å². The van der Waals surface area contributed by atoms with Crippen LogP contribution in [0.25, 0.3) is 0 Å². The number of aliphatic imine (C=N–C) groups is 1. The number of rotatable bonds is 2. The molecule has 0 aromatic heterocycles. The molecule has 1 aromatic carbocycles. The number of para-hydroxylation sites is 1. The first-order valence-electron chi connectivity index (χ1n) is 3.46. The molecular formula is C9H7BrN2. The minimum atomic E-state index is -0.308. The summed E-state index contributed by atoms with van der Waals surface area (Å²) < 4.78 is 0. The van der Waals surface area contributed by atoms with Gasteiger partial charge in [0.25, 0.3) is 0 Å². The number of halogens is 1. The van der Waals surface area contributed by atoms with Crippen molar-refractivity contribution in [3.8, 4) is 6.07 Å². The van der Waals surface area contributed by atoms with Gasteiger partial charge >= 0.3 is 0 Å². The molecule has 60 valence electrons. The molecule has 1 aromatic rings. The first kappa shape index (κ1) is 8.95. The number of nitriles is 1. The van der Waals surface area contributed by atoms with Crippen molar-refractivity contribution in [2.24, 2.45) is 4.99 Å². The van der Waals surface area contributed by atoms with Crippen LogP contribution >= 0.6 is 15.9 Å².